The Labute approximate surface area is 102 Å². The normalized spacial score (nSPS) is 24.0. The van der Waals surface area contributed by atoms with Crippen molar-refractivity contribution in [1.82, 2.24) is 4.90 Å². The molecule has 5 heteroatoms. The summed E-state index contributed by atoms with van der Waals surface area (Å²) >= 11 is 0. The Bertz CT molecular complexity index is 280. The smallest absolute Gasteiger partial charge is 0.308 e. The maximum Gasteiger partial charge on any atom is 0.308 e. The quantitative estimate of drug-likeness (QED) is 0.710. The molecule has 5 nitrogen and oxygen atoms in total. The fourth-order valence-electron chi connectivity index (χ4n) is 2.17. The van der Waals surface area contributed by atoms with E-state index >= 15 is 0 Å². The Morgan fingerprint density at radius 2 is 2.12 bits per heavy atom. The summed E-state index contributed by atoms with van der Waals surface area (Å²) in [5, 5.41) is 8.97. The third-order valence-electron chi connectivity index (χ3n) is 3.20. The Morgan fingerprint density at radius 3 is 2.65 bits per heavy atom. The van der Waals surface area contributed by atoms with E-state index in [-0.39, 0.29) is 11.9 Å². The number of carboxylic acid groups (broad SMARTS) is 1. The van der Waals surface area contributed by atoms with Crippen molar-refractivity contribution in [2.45, 2.75) is 39.2 Å². The summed E-state index contributed by atoms with van der Waals surface area (Å²) in [6.45, 7) is 5.46. The van der Waals surface area contributed by atoms with Crippen LogP contribution in [0.4, 0.5) is 0 Å². The molecule has 0 spiro atoms. The van der Waals surface area contributed by atoms with E-state index in [1.165, 1.54) is 0 Å². The van der Waals surface area contributed by atoms with Crippen molar-refractivity contribution < 1.29 is 19.4 Å². The number of carbonyl (C=O) groups is 2. The first kappa shape index (κ1) is 14.0. The second-order valence-corrected chi connectivity index (χ2v) is 4.42. The van der Waals surface area contributed by atoms with Gasteiger partial charge in [-0.3, -0.25) is 9.59 Å². The number of aliphatic carboxylic acids is 1. The number of carboxylic acids is 1. The standard InChI is InChI=1S/C12H21NO4/c1-3-7-17-8-5-11(14)13-6-4-10(9(13)2)12(15)16/h9-10H,3-8H2,1-2H3,(H,15,16). The SMILES string of the molecule is CCCOCCC(=O)N1CCC(C(=O)O)C1C. The number of hydrogen-bond acceptors (Lipinski definition) is 3. The summed E-state index contributed by atoms with van der Waals surface area (Å²) < 4.78 is 5.26. The average Bonchev–Trinajstić information content (AvgIpc) is 2.66. The van der Waals surface area contributed by atoms with Crippen LogP contribution in [0.5, 0.6) is 0 Å². The zero-order valence-electron chi connectivity index (χ0n) is 10.5. The maximum atomic E-state index is 11.8. The van der Waals surface area contributed by atoms with Gasteiger partial charge in [0.15, 0.2) is 0 Å². The predicted molar refractivity (Wildman–Crippen MR) is 62.6 cm³/mol. The molecule has 0 aromatic carbocycles. The molecule has 1 fully saturated rings. The van der Waals surface area contributed by atoms with E-state index in [0.29, 0.717) is 32.6 Å². The minimum atomic E-state index is -0.810. The molecule has 1 heterocycles. The van der Waals surface area contributed by atoms with Crippen LogP contribution in [0.1, 0.15) is 33.1 Å². The van der Waals surface area contributed by atoms with Crippen LogP contribution in [0, 0.1) is 5.92 Å². The van der Waals surface area contributed by atoms with Gasteiger partial charge in [-0.05, 0) is 19.8 Å². The van der Waals surface area contributed by atoms with Gasteiger partial charge in [0.05, 0.1) is 18.9 Å². The highest BCUT2D eigenvalue weighted by molar-refractivity contribution is 5.79. The monoisotopic (exact) mass is 243 g/mol. The molecule has 1 aliphatic heterocycles. The van der Waals surface area contributed by atoms with Crippen LogP contribution < -0.4 is 0 Å². The number of rotatable bonds is 6. The zero-order valence-corrected chi connectivity index (χ0v) is 10.5. The first-order chi connectivity index (χ1) is 8.07. The topological polar surface area (TPSA) is 66.8 Å². The van der Waals surface area contributed by atoms with Crippen LogP contribution >= 0.6 is 0 Å². The van der Waals surface area contributed by atoms with Gasteiger partial charge in [0.2, 0.25) is 5.91 Å². The van der Waals surface area contributed by atoms with Crippen molar-refractivity contribution in [3.63, 3.8) is 0 Å². The highest BCUT2D eigenvalue weighted by atomic mass is 16.5. The Hall–Kier alpha value is -1.10. The van der Waals surface area contributed by atoms with Gasteiger partial charge in [0.1, 0.15) is 0 Å². The summed E-state index contributed by atoms with van der Waals surface area (Å²) in [6.07, 6.45) is 1.84. The van der Waals surface area contributed by atoms with Gasteiger partial charge in [-0.1, -0.05) is 6.92 Å². The maximum absolute atomic E-state index is 11.8. The molecule has 17 heavy (non-hydrogen) atoms. The van der Waals surface area contributed by atoms with E-state index in [9.17, 15) is 9.59 Å². The van der Waals surface area contributed by atoms with Crippen LogP contribution in [-0.2, 0) is 14.3 Å². The molecule has 1 aliphatic rings. The molecule has 1 saturated heterocycles. The van der Waals surface area contributed by atoms with Gasteiger partial charge in [-0.25, -0.2) is 0 Å². The molecule has 0 aliphatic carbocycles. The van der Waals surface area contributed by atoms with Gasteiger partial charge >= 0.3 is 5.97 Å². The van der Waals surface area contributed by atoms with Crippen molar-refractivity contribution in [3.8, 4) is 0 Å². The highest BCUT2D eigenvalue weighted by Gasteiger charge is 2.37. The van der Waals surface area contributed by atoms with E-state index in [2.05, 4.69) is 0 Å². The van der Waals surface area contributed by atoms with Crippen LogP contribution in [-0.4, -0.2) is 47.7 Å². The summed E-state index contributed by atoms with van der Waals surface area (Å²) in [6, 6.07) is -0.203. The van der Waals surface area contributed by atoms with Crippen LogP contribution in [0.3, 0.4) is 0 Å². The molecule has 2 unspecified atom stereocenters. The van der Waals surface area contributed by atoms with Crippen LogP contribution in [0.15, 0.2) is 0 Å². The summed E-state index contributed by atoms with van der Waals surface area (Å²) in [4.78, 5) is 24.4. The molecule has 98 valence electrons. The Kier molecular flexibility index (Phi) is 5.41. The lowest BCUT2D eigenvalue weighted by Crippen LogP contribution is -2.38. The van der Waals surface area contributed by atoms with Gasteiger partial charge in [-0.2, -0.15) is 0 Å². The third kappa shape index (κ3) is 3.70. The van der Waals surface area contributed by atoms with Gasteiger partial charge < -0.3 is 14.7 Å². The lowest BCUT2D eigenvalue weighted by molar-refractivity contribution is -0.143. The highest BCUT2D eigenvalue weighted by Crippen LogP contribution is 2.24. The number of likely N-dealkylation sites (tertiary alicyclic amines) is 1. The minimum absolute atomic E-state index is 0.00245. The van der Waals surface area contributed by atoms with Crippen molar-refractivity contribution in [3.05, 3.63) is 0 Å². The van der Waals surface area contributed by atoms with Crippen molar-refractivity contribution in [2.24, 2.45) is 5.92 Å². The summed E-state index contributed by atoms with van der Waals surface area (Å²) in [7, 11) is 0. The Balaban J connectivity index is 2.35. The van der Waals surface area contributed by atoms with E-state index in [4.69, 9.17) is 9.84 Å². The number of ether oxygens (including phenoxy) is 1. The molecule has 0 saturated carbocycles. The van der Waals surface area contributed by atoms with Crippen molar-refractivity contribution >= 4 is 11.9 Å². The fraction of sp³-hybridized carbons (Fsp3) is 0.833. The third-order valence-corrected chi connectivity index (χ3v) is 3.20. The first-order valence-electron chi connectivity index (χ1n) is 6.18. The molecule has 0 aromatic heterocycles. The van der Waals surface area contributed by atoms with Gasteiger partial charge in [-0.15, -0.1) is 0 Å². The van der Waals surface area contributed by atoms with E-state index in [1.54, 1.807) is 11.8 Å². The first-order valence-corrected chi connectivity index (χ1v) is 6.18. The zero-order chi connectivity index (χ0) is 12.8. The van der Waals surface area contributed by atoms with Crippen LogP contribution in [0.2, 0.25) is 0 Å². The lowest BCUT2D eigenvalue weighted by Gasteiger charge is -2.23. The van der Waals surface area contributed by atoms with Gasteiger partial charge in [0.25, 0.3) is 0 Å². The largest absolute Gasteiger partial charge is 0.481 e. The van der Waals surface area contributed by atoms with Crippen molar-refractivity contribution in [2.75, 3.05) is 19.8 Å². The summed E-state index contributed by atoms with van der Waals surface area (Å²) in [5.41, 5.74) is 0. The average molecular weight is 243 g/mol. The second kappa shape index (κ2) is 6.59. The minimum Gasteiger partial charge on any atom is -0.481 e. The molecule has 0 aromatic rings. The van der Waals surface area contributed by atoms with Crippen LogP contribution in [0.25, 0.3) is 0 Å². The number of nitrogens with zero attached hydrogens (tertiary/aromatic N) is 1. The molecule has 0 bridgehead atoms. The molecular weight excluding hydrogens is 222 g/mol. The number of amides is 1. The predicted octanol–water partition coefficient (Wildman–Crippen LogP) is 1.12. The molecular formula is C12H21NO4. The molecule has 1 N–H and O–H groups in total. The lowest BCUT2D eigenvalue weighted by atomic mass is 10.0. The van der Waals surface area contributed by atoms with Crippen molar-refractivity contribution in [1.29, 1.82) is 0 Å². The summed E-state index contributed by atoms with van der Waals surface area (Å²) in [5.74, 6) is -1.23. The second-order valence-electron chi connectivity index (χ2n) is 4.42. The Morgan fingerprint density at radius 1 is 1.41 bits per heavy atom. The molecule has 1 rings (SSSR count). The number of carbonyl (C=O) groups excluding carboxylic acids is 1. The van der Waals surface area contributed by atoms with E-state index < -0.39 is 11.9 Å². The fourth-order valence-corrected chi connectivity index (χ4v) is 2.17. The van der Waals surface area contributed by atoms with Gasteiger partial charge in [0, 0.05) is 19.2 Å². The van der Waals surface area contributed by atoms with E-state index in [1.807, 2.05) is 6.92 Å². The molecule has 1 amide bonds. The molecule has 0 radical (unpaired) electrons. The van der Waals surface area contributed by atoms with E-state index in [0.717, 1.165) is 6.42 Å². The molecule has 2 atom stereocenters. The number of hydrogen-bond donors (Lipinski definition) is 1.